The number of aromatic nitrogens is 3. The van der Waals surface area contributed by atoms with Crippen LogP contribution in [0.5, 0.6) is 11.5 Å². The normalized spacial score (nSPS) is 10.9. The van der Waals surface area contributed by atoms with Gasteiger partial charge in [0.2, 0.25) is 16.8 Å². The first-order chi connectivity index (χ1) is 14.6. The molecule has 7 nitrogen and oxygen atoms in total. The van der Waals surface area contributed by atoms with Gasteiger partial charge in [-0.2, -0.15) is 4.98 Å². The second-order valence-electron chi connectivity index (χ2n) is 6.74. The van der Waals surface area contributed by atoms with E-state index in [0.717, 1.165) is 33.3 Å². The van der Waals surface area contributed by atoms with Crippen LogP contribution >= 0.6 is 11.3 Å². The number of carbonyl (C=O) groups excluding carboxylic acids is 1. The summed E-state index contributed by atoms with van der Waals surface area (Å²) in [6.45, 7) is 2.48. The minimum Gasteiger partial charge on any atom is -0.497 e. The van der Waals surface area contributed by atoms with E-state index < -0.39 is 0 Å². The van der Waals surface area contributed by atoms with Gasteiger partial charge in [0.25, 0.3) is 0 Å². The third-order valence-electron chi connectivity index (χ3n) is 4.62. The zero-order valence-electron chi connectivity index (χ0n) is 16.8. The highest BCUT2D eigenvalue weighted by Crippen LogP contribution is 2.27. The van der Waals surface area contributed by atoms with Crippen LogP contribution in [0.2, 0.25) is 0 Å². The second kappa shape index (κ2) is 8.96. The average Bonchev–Trinajstić information content (AvgIpc) is 3.32. The van der Waals surface area contributed by atoms with Crippen molar-refractivity contribution < 1.29 is 14.3 Å². The van der Waals surface area contributed by atoms with E-state index in [0.29, 0.717) is 25.4 Å². The Bertz CT molecular complexity index is 1150. The lowest BCUT2D eigenvalue weighted by molar-refractivity contribution is -0.116. The number of methoxy groups -OCH3 is 1. The number of fused-ring (bicyclic) bond motifs is 1. The van der Waals surface area contributed by atoms with Crippen LogP contribution in [0, 0.1) is 6.92 Å². The first-order valence-corrected chi connectivity index (χ1v) is 10.5. The molecule has 154 valence electrons. The number of aryl methyl sites for hydroxylation is 1. The van der Waals surface area contributed by atoms with Crippen LogP contribution < -0.4 is 14.8 Å². The van der Waals surface area contributed by atoms with Gasteiger partial charge in [-0.1, -0.05) is 18.2 Å². The molecule has 0 spiro atoms. The van der Waals surface area contributed by atoms with Crippen LogP contribution in [0.25, 0.3) is 16.2 Å². The van der Waals surface area contributed by atoms with Gasteiger partial charge in [-0.15, -0.1) is 16.4 Å². The molecule has 30 heavy (non-hydrogen) atoms. The highest BCUT2D eigenvalue weighted by Gasteiger charge is 2.13. The molecule has 0 unspecified atom stereocenters. The van der Waals surface area contributed by atoms with Crippen LogP contribution in [0.1, 0.15) is 18.4 Å². The average molecular weight is 423 g/mol. The quantitative estimate of drug-likeness (QED) is 0.421. The zero-order valence-corrected chi connectivity index (χ0v) is 17.6. The SMILES string of the molecule is COc1ccc(-c2csc3nc(NC(=O)CCCOc4ccccc4C)nn23)cc1. The molecule has 0 atom stereocenters. The number of carbonyl (C=O) groups is 1. The maximum absolute atomic E-state index is 12.2. The van der Waals surface area contributed by atoms with Crippen LogP contribution in [0.3, 0.4) is 0 Å². The molecule has 0 aliphatic heterocycles. The molecule has 0 saturated carbocycles. The van der Waals surface area contributed by atoms with Gasteiger partial charge in [-0.05, 0) is 49.2 Å². The Morgan fingerprint density at radius 3 is 2.73 bits per heavy atom. The second-order valence-corrected chi connectivity index (χ2v) is 7.58. The minimum atomic E-state index is -0.132. The van der Waals surface area contributed by atoms with Gasteiger partial charge in [0.1, 0.15) is 11.5 Å². The van der Waals surface area contributed by atoms with Crippen molar-refractivity contribution in [2.45, 2.75) is 19.8 Å². The molecular weight excluding hydrogens is 400 g/mol. The number of hydrogen-bond acceptors (Lipinski definition) is 6. The topological polar surface area (TPSA) is 77.8 Å². The summed E-state index contributed by atoms with van der Waals surface area (Å²) in [6, 6.07) is 15.6. The number of rotatable bonds is 8. The summed E-state index contributed by atoms with van der Waals surface area (Å²) in [5.74, 6) is 1.82. The molecule has 1 amide bonds. The van der Waals surface area contributed by atoms with Gasteiger partial charge in [-0.3, -0.25) is 10.1 Å². The number of hydrogen-bond donors (Lipinski definition) is 1. The molecule has 4 aromatic rings. The summed E-state index contributed by atoms with van der Waals surface area (Å²) in [5, 5.41) is 9.21. The van der Waals surface area contributed by atoms with E-state index in [1.807, 2.05) is 60.8 Å². The number of nitrogens with one attached hydrogen (secondary N) is 1. The molecule has 0 aliphatic carbocycles. The number of amides is 1. The summed E-state index contributed by atoms with van der Waals surface area (Å²) in [5.41, 5.74) is 2.99. The Kier molecular flexibility index (Phi) is 5.94. The van der Waals surface area contributed by atoms with Crippen LogP contribution in [-0.2, 0) is 4.79 Å². The van der Waals surface area contributed by atoms with Crippen molar-refractivity contribution in [3.05, 3.63) is 59.5 Å². The third kappa shape index (κ3) is 4.44. The summed E-state index contributed by atoms with van der Waals surface area (Å²) in [6.07, 6.45) is 0.948. The number of thiazole rings is 1. The number of anilines is 1. The number of para-hydroxylation sites is 1. The molecule has 0 aliphatic rings. The van der Waals surface area contributed by atoms with Crippen molar-refractivity contribution in [2.24, 2.45) is 0 Å². The van der Waals surface area contributed by atoms with Crippen LogP contribution in [0.4, 0.5) is 5.95 Å². The maximum Gasteiger partial charge on any atom is 0.250 e. The molecular formula is C22H22N4O3S. The van der Waals surface area contributed by atoms with Crippen molar-refractivity contribution >= 4 is 28.2 Å². The summed E-state index contributed by atoms with van der Waals surface area (Å²) in [4.78, 5) is 17.4. The first kappa shape index (κ1) is 19.9. The minimum absolute atomic E-state index is 0.132. The number of benzene rings is 2. The van der Waals surface area contributed by atoms with Crippen molar-refractivity contribution in [3.63, 3.8) is 0 Å². The van der Waals surface area contributed by atoms with E-state index >= 15 is 0 Å². The monoisotopic (exact) mass is 422 g/mol. The van der Waals surface area contributed by atoms with E-state index in [4.69, 9.17) is 9.47 Å². The summed E-state index contributed by atoms with van der Waals surface area (Å²) >= 11 is 1.47. The Morgan fingerprint density at radius 1 is 1.17 bits per heavy atom. The van der Waals surface area contributed by atoms with Crippen molar-refractivity contribution in [1.82, 2.24) is 14.6 Å². The molecule has 1 N–H and O–H groups in total. The molecule has 8 heteroatoms. The predicted molar refractivity (Wildman–Crippen MR) is 117 cm³/mol. The lowest BCUT2D eigenvalue weighted by Crippen LogP contribution is -2.14. The Labute approximate surface area is 178 Å². The molecule has 0 fully saturated rings. The van der Waals surface area contributed by atoms with Crippen molar-refractivity contribution in [1.29, 1.82) is 0 Å². The summed E-state index contributed by atoms with van der Waals surface area (Å²) in [7, 11) is 1.64. The van der Waals surface area contributed by atoms with Crippen LogP contribution in [-0.4, -0.2) is 34.2 Å². The Balaban J connectivity index is 1.34. The molecule has 2 heterocycles. The maximum atomic E-state index is 12.2. The van der Waals surface area contributed by atoms with Gasteiger partial charge in [0.05, 0.1) is 19.4 Å². The first-order valence-electron chi connectivity index (χ1n) is 9.61. The van der Waals surface area contributed by atoms with Crippen molar-refractivity contribution in [2.75, 3.05) is 19.0 Å². The molecule has 0 bridgehead atoms. The standard InChI is InChI=1S/C22H22N4O3S/c1-15-6-3-4-7-19(15)29-13-5-8-20(27)23-21-24-22-26(25-21)18(14-30-22)16-9-11-17(28-2)12-10-16/h3-4,6-7,9-12,14H,5,8,13H2,1-2H3,(H,23,25,27). The lowest BCUT2D eigenvalue weighted by Gasteiger charge is -2.08. The van der Waals surface area contributed by atoms with Gasteiger partial charge >= 0.3 is 0 Å². The van der Waals surface area contributed by atoms with Gasteiger partial charge in [-0.25, -0.2) is 4.52 Å². The fourth-order valence-electron chi connectivity index (χ4n) is 3.01. The van der Waals surface area contributed by atoms with E-state index in [9.17, 15) is 4.79 Å². The fraction of sp³-hybridized carbons (Fsp3) is 0.227. The van der Waals surface area contributed by atoms with Crippen molar-refractivity contribution in [3.8, 4) is 22.8 Å². The Hall–Kier alpha value is -3.39. The van der Waals surface area contributed by atoms with Crippen LogP contribution in [0.15, 0.2) is 53.9 Å². The molecule has 0 saturated heterocycles. The summed E-state index contributed by atoms with van der Waals surface area (Å²) < 4.78 is 12.7. The van der Waals surface area contributed by atoms with Gasteiger partial charge in [0.15, 0.2) is 0 Å². The van der Waals surface area contributed by atoms with E-state index in [1.165, 1.54) is 11.3 Å². The number of ether oxygens (including phenoxy) is 2. The zero-order chi connectivity index (χ0) is 20.9. The van der Waals surface area contributed by atoms with Gasteiger partial charge in [0, 0.05) is 17.4 Å². The molecule has 4 rings (SSSR count). The van der Waals surface area contributed by atoms with E-state index in [2.05, 4.69) is 15.4 Å². The Morgan fingerprint density at radius 2 is 1.97 bits per heavy atom. The fourth-order valence-corrected chi connectivity index (χ4v) is 3.85. The van der Waals surface area contributed by atoms with E-state index in [1.54, 1.807) is 11.6 Å². The lowest BCUT2D eigenvalue weighted by atomic mass is 10.2. The van der Waals surface area contributed by atoms with Gasteiger partial charge < -0.3 is 9.47 Å². The molecule has 0 radical (unpaired) electrons. The predicted octanol–water partition coefficient (Wildman–Crippen LogP) is 4.57. The molecule has 2 aromatic heterocycles. The highest BCUT2D eigenvalue weighted by atomic mass is 32.1. The largest absolute Gasteiger partial charge is 0.497 e. The smallest absolute Gasteiger partial charge is 0.250 e. The van der Waals surface area contributed by atoms with E-state index in [-0.39, 0.29) is 5.91 Å². The molecule has 2 aromatic carbocycles. The highest BCUT2D eigenvalue weighted by molar-refractivity contribution is 7.15. The number of nitrogens with zero attached hydrogens (tertiary/aromatic N) is 3. The third-order valence-corrected chi connectivity index (χ3v) is 5.43.